The van der Waals surface area contributed by atoms with Crippen molar-refractivity contribution in [3.05, 3.63) is 128 Å². The number of hydrogen-bond acceptors (Lipinski definition) is 4. The van der Waals surface area contributed by atoms with Crippen LogP contribution in [0, 0.1) is 46.6 Å². The van der Waals surface area contributed by atoms with Crippen molar-refractivity contribution < 1.29 is 9.31 Å². The Kier molecular flexibility index (Phi) is 12.3. The molecule has 58 heavy (non-hydrogen) atoms. The lowest BCUT2D eigenvalue weighted by Gasteiger charge is -2.32. The van der Waals surface area contributed by atoms with Crippen molar-refractivity contribution in [3.63, 3.8) is 0 Å². The van der Waals surface area contributed by atoms with Gasteiger partial charge in [-0.15, -0.1) is 0 Å². The van der Waals surface area contributed by atoms with Gasteiger partial charge in [-0.1, -0.05) is 95.5 Å². The van der Waals surface area contributed by atoms with Crippen LogP contribution in [-0.4, -0.2) is 22.9 Å². The molecule has 3 aliphatic rings. The zero-order chi connectivity index (χ0) is 41.9. The van der Waals surface area contributed by atoms with Gasteiger partial charge in [-0.2, -0.15) is 0 Å². The third kappa shape index (κ3) is 9.49. The molecule has 296 valence electrons. The van der Waals surface area contributed by atoms with E-state index in [0.29, 0.717) is 12.8 Å². The first-order valence-electron chi connectivity index (χ1n) is 20.7. The molecule has 0 atom stereocenters. The number of aromatic nitrogens is 1. The lowest BCUT2D eigenvalue weighted by Crippen LogP contribution is -2.41. The van der Waals surface area contributed by atoms with E-state index < -0.39 is 0 Å². The van der Waals surface area contributed by atoms with Crippen LogP contribution in [0.4, 0.5) is 0 Å². The molecule has 0 radical (unpaired) electrons. The van der Waals surface area contributed by atoms with E-state index in [1.165, 1.54) is 21.8 Å². The molecule has 0 spiro atoms. The monoisotopic (exact) mass is 769 g/mol. The Hall–Kier alpha value is -5.38. The summed E-state index contributed by atoms with van der Waals surface area (Å²) < 4.78 is 14.9. The summed E-state index contributed by atoms with van der Waals surface area (Å²) in [7, 11) is -0.143. The smallest absolute Gasteiger partial charge is 0.403 e. The summed E-state index contributed by atoms with van der Waals surface area (Å²) in [4.78, 5) is 7.00. The Morgan fingerprint density at radius 1 is 0.672 bits per heavy atom. The third-order valence-electron chi connectivity index (χ3n) is 12.2. The highest BCUT2D eigenvalue weighted by Gasteiger charge is 2.50. The number of nitriles is 2. The van der Waals surface area contributed by atoms with Gasteiger partial charge in [0, 0.05) is 28.4 Å². The summed E-state index contributed by atoms with van der Waals surface area (Å²) >= 11 is 0. The molecule has 6 rings (SSSR count). The molecule has 1 fully saturated rings. The highest BCUT2D eigenvalue weighted by Crippen LogP contribution is 2.42. The zero-order valence-electron chi connectivity index (χ0n) is 35.6. The van der Waals surface area contributed by atoms with E-state index in [-0.39, 0.29) is 40.5 Å². The van der Waals surface area contributed by atoms with Crippen LogP contribution in [0.1, 0.15) is 118 Å². The van der Waals surface area contributed by atoms with Crippen molar-refractivity contribution in [1.29, 1.82) is 10.5 Å². The molecular formula is C50H56BN5O2. The number of benzene rings is 2. The first-order chi connectivity index (χ1) is 27.5. The van der Waals surface area contributed by atoms with Gasteiger partial charge in [0.05, 0.1) is 36.5 Å². The molecule has 7 nitrogen and oxygen atoms in total. The molecule has 2 aliphatic carbocycles. The maximum absolute atomic E-state index is 9.58. The van der Waals surface area contributed by atoms with Crippen LogP contribution in [0.3, 0.4) is 0 Å². The van der Waals surface area contributed by atoms with E-state index in [1.54, 1.807) is 0 Å². The fourth-order valence-electron chi connectivity index (χ4n) is 8.78. The topological polar surface area (TPSA) is 79.7 Å². The van der Waals surface area contributed by atoms with Crippen LogP contribution in [0.25, 0.3) is 43.6 Å². The minimum Gasteiger partial charge on any atom is -0.403 e. The number of unbranched alkanes of at least 4 members (excludes halogenated alkanes) is 3. The Morgan fingerprint density at radius 3 is 1.55 bits per heavy atom. The molecular weight excluding hydrogens is 713 g/mol. The second-order valence-corrected chi connectivity index (χ2v) is 18.9. The number of hydrogen-bond donors (Lipinski definition) is 0. The van der Waals surface area contributed by atoms with Crippen molar-refractivity contribution >= 4 is 41.1 Å². The predicted octanol–water partition coefficient (Wildman–Crippen LogP) is 13.4. The Labute approximate surface area is 346 Å². The summed E-state index contributed by atoms with van der Waals surface area (Å²) in [5, 5.41) is 21.6. The number of aryl methyl sites for hydroxylation is 1. The van der Waals surface area contributed by atoms with Crippen LogP contribution in [0.5, 0.6) is 0 Å². The fraction of sp³-hybridized carbons (Fsp3) is 0.440. The summed E-state index contributed by atoms with van der Waals surface area (Å²) in [5.74, 6) is 0. The maximum atomic E-state index is 9.58. The highest BCUT2D eigenvalue weighted by molar-refractivity contribution is 6.45. The van der Waals surface area contributed by atoms with E-state index in [2.05, 4.69) is 142 Å². The number of rotatable bonds is 11. The van der Waals surface area contributed by atoms with Crippen molar-refractivity contribution in [2.45, 2.75) is 131 Å². The molecule has 1 aromatic heterocycles. The Morgan fingerprint density at radius 2 is 1.12 bits per heavy atom. The molecule has 0 bridgehead atoms. The van der Waals surface area contributed by atoms with Crippen molar-refractivity contribution in [1.82, 2.24) is 4.57 Å². The van der Waals surface area contributed by atoms with E-state index in [9.17, 15) is 10.5 Å². The molecule has 0 saturated carbocycles. The standard InChI is InChI=1S/C50H56BN5O2/c1-47(2)29-37(25-39(31-47)43(33-52)54-9)17-15-35-19-21-45-41(27-35)42-28-36(16-18-38-26-40(44(34-53)55-10)32-48(3,4)30-38)20-22-46(42)56(45)24-14-12-11-13-23-51-57-49(5,6)50(7,8)58-51/h15-22,25-28H,11-14,23-24,29-32H2,1-8H3/b17-15+,18-16+,43-39-,44-40+. The normalized spacial score (nSPS) is 21.3. The summed E-state index contributed by atoms with van der Waals surface area (Å²) in [5.41, 5.74) is 8.16. The molecule has 2 aromatic carbocycles. The summed E-state index contributed by atoms with van der Waals surface area (Å²) in [6.07, 6.45) is 21.1. The maximum Gasteiger partial charge on any atom is 0.457 e. The van der Waals surface area contributed by atoms with Gasteiger partial charge < -0.3 is 13.9 Å². The second-order valence-electron chi connectivity index (χ2n) is 18.9. The van der Waals surface area contributed by atoms with Gasteiger partial charge in [-0.05, 0) is 135 Å². The van der Waals surface area contributed by atoms with Crippen LogP contribution in [0.2, 0.25) is 6.32 Å². The molecule has 1 aliphatic heterocycles. The summed E-state index contributed by atoms with van der Waals surface area (Å²) in [6, 6.07) is 17.6. The molecule has 3 aromatic rings. The van der Waals surface area contributed by atoms with Gasteiger partial charge >= 0.3 is 7.12 Å². The SMILES string of the molecule is [C-]#[N+]/C(C#N)=C1C=C(/C=C/c2ccc3c(c2)c2cc(/C=C/C4=CC(=C(\C#N)[N+]#[C-])/CC(C)(C)C4)ccc2n3CCCCCCB2OC(C)(C)C(C)(C)O2)CC(C)(C)C\1. The third-order valence-corrected chi connectivity index (χ3v) is 12.2. The average molecular weight is 770 g/mol. The number of allylic oxidation sites excluding steroid dienone is 10. The van der Waals surface area contributed by atoms with Gasteiger partial charge in [-0.3, -0.25) is 0 Å². The van der Waals surface area contributed by atoms with Crippen LogP contribution >= 0.6 is 0 Å². The minimum absolute atomic E-state index is 0.0417. The quantitative estimate of drug-likeness (QED) is 0.0842. The van der Waals surface area contributed by atoms with Gasteiger partial charge in [0.1, 0.15) is 0 Å². The average Bonchev–Trinajstić information content (AvgIpc) is 3.57. The van der Waals surface area contributed by atoms with E-state index in [0.717, 1.165) is 84.8 Å². The Bertz CT molecular complexity index is 2280. The lowest BCUT2D eigenvalue weighted by molar-refractivity contribution is 0.00578. The van der Waals surface area contributed by atoms with Crippen LogP contribution < -0.4 is 0 Å². The van der Waals surface area contributed by atoms with E-state index in [1.807, 2.05) is 12.2 Å². The largest absolute Gasteiger partial charge is 0.457 e. The van der Waals surface area contributed by atoms with Crippen molar-refractivity contribution in [2.24, 2.45) is 10.8 Å². The van der Waals surface area contributed by atoms with Crippen LogP contribution in [0.15, 0.2) is 94.4 Å². The number of fused-ring (bicyclic) bond motifs is 3. The minimum atomic E-state index is -0.294. The van der Waals surface area contributed by atoms with Gasteiger partial charge in [-0.25, -0.2) is 20.2 Å². The molecule has 0 unspecified atom stereocenters. The van der Waals surface area contributed by atoms with Gasteiger partial charge in [0.2, 0.25) is 0 Å². The molecule has 8 heteroatoms. The molecule has 0 amide bonds. The second kappa shape index (κ2) is 16.8. The van der Waals surface area contributed by atoms with Gasteiger partial charge in [0.15, 0.2) is 0 Å². The zero-order valence-corrected chi connectivity index (χ0v) is 35.6. The highest BCUT2D eigenvalue weighted by atomic mass is 16.7. The number of nitrogens with zero attached hydrogens (tertiary/aromatic N) is 5. The molecule has 0 N–H and O–H groups in total. The van der Waals surface area contributed by atoms with Gasteiger partial charge in [0.25, 0.3) is 11.4 Å². The lowest BCUT2D eigenvalue weighted by atomic mass is 9.74. The Balaban J connectivity index is 1.28. The van der Waals surface area contributed by atoms with Crippen molar-refractivity contribution in [3.8, 4) is 12.1 Å². The van der Waals surface area contributed by atoms with E-state index in [4.69, 9.17) is 22.5 Å². The predicted molar refractivity (Wildman–Crippen MR) is 238 cm³/mol. The van der Waals surface area contributed by atoms with E-state index >= 15 is 0 Å². The summed E-state index contributed by atoms with van der Waals surface area (Å²) in [6.45, 7) is 33.1. The molecule has 1 saturated heterocycles. The first kappa shape index (κ1) is 42.2. The first-order valence-corrected chi connectivity index (χ1v) is 20.7. The van der Waals surface area contributed by atoms with Crippen molar-refractivity contribution in [2.75, 3.05) is 0 Å². The van der Waals surface area contributed by atoms with Crippen LogP contribution in [-0.2, 0) is 15.9 Å². The molecule has 2 heterocycles. The fourth-order valence-corrected chi connectivity index (χ4v) is 8.78.